The molecule has 1 aliphatic rings. The third-order valence-electron chi connectivity index (χ3n) is 4.39. The molecule has 0 bridgehead atoms. The van der Waals surface area contributed by atoms with Gasteiger partial charge in [0.05, 0.1) is 12.6 Å². The second kappa shape index (κ2) is 9.34. The van der Waals surface area contributed by atoms with Gasteiger partial charge in [-0.3, -0.25) is 9.69 Å². The van der Waals surface area contributed by atoms with Gasteiger partial charge in [-0.15, -0.1) is 11.3 Å². The molecule has 1 aromatic heterocycles. The van der Waals surface area contributed by atoms with Gasteiger partial charge < -0.3 is 10.1 Å². The van der Waals surface area contributed by atoms with Gasteiger partial charge in [0.1, 0.15) is 6.61 Å². The van der Waals surface area contributed by atoms with Crippen LogP contribution in [0.4, 0.5) is 0 Å². The zero-order valence-electron chi connectivity index (χ0n) is 14.1. The van der Waals surface area contributed by atoms with Crippen molar-refractivity contribution in [3.63, 3.8) is 0 Å². The molecule has 6 heteroatoms. The lowest BCUT2D eigenvalue weighted by atomic mass is 10.2. The first-order valence-corrected chi connectivity index (χ1v) is 9.85. The maximum Gasteiger partial charge on any atom is 0.246 e. The number of thiophene rings is 1. The average molecular weight is 379 g/mol. The van der Waals surface area contributed by atoms with Crippen LogP contribution in [0, 0.1) is 0 Å². The zero-order valence-corrected chi connectivity index (χ0v) is 15.7. The van der Waals surface area contributed by atoms with Crippen molar-refractivity contribution in [1.82, 2.24) is 10.2 Å². The van der Waals surface area contributed by atoms with Crippen molar-refractivity contribution in [2.75, 3.05) is 26.2 Å². The van der Waals surface area contributed by atoms with Gasteiger partial charge in [-0.2, -0.15) is 0 Å². The van der Waals surface area contributed by atoms with Gasteiger partial charge >= 0.3 is 0 Å². The molecule has 134 valence electrons. The highest BCUT2D eigenvalue weighted by atomic mass is 35.5. The lowest BCUT2D eigenvalue weighted by Gasteiger charge is -2.26. The number of hydrogen-bond donors (Lipinski definition) is 1. The summed E-state index contributed by atoms with van der Waals surface area (Å²) < 4.78 is 5.50. The quantitative estimate of drug-likeness (QED) is 0.758. The topological polar surface area (TPSA) is 41.6 Å². The smallest absolute Gasteiger partial charge is 0.246 e. The molecule has 25 heavy (non-hydrogen) atoms. The van der Waals surface area contributed by atoms with Gasteiger partial charge in [0.25, 0.3) is 0 Å². The number of likely N-dealkylation sites (tertiary alicyclic amines) is 1. The van der Waals surface area contributed by atoms with E-state index in [2.05, 4.69) is 27.7 Å². The molecule has 0 aliphatic carbocycles. The first-order chi connectivity index (χ1) is 12.2. The highest BCUT2D eigenvalue weighted by Crippen LogP contribution is 2.27. The summed E-state index contributed by atoms with van der Waals surface area (Å²) in [5.74, 6) is -0.0900. The van der Waals surface area contributed by atoms with Gasteiger partial charge in [-0.1, -0.05) is 35.9 Å². The van der Waals surface area contributed by atoms with E-state index in [1.165, 1.54) is 17.7 Å². The molecule has 2 heterocycles. The number of carbonyl (C=O) groups excluding carboxylic acids is 1. The molecule has 0 radical (unpaired) electrons. The Morgan fingerprint density at radius 2 is 2.04 bits per heavy atom. The Balaban J connectivity index is 1.46. The van der Waals surface area contributed by atoms with E-state index in [4.69, 9.17) is 16.3 Å². The summed E-state index contributed by atoms with van der Waals surface area (Å²) in [5.41, 5.74) is 0.894. The van der Waals surface area contributed by atoms with Crippen molar-refractivity contribution >= 4 is 28.8 Å². The van der Waals surface area contributed by atoms with Crippen LogP contribution in [-0.2, 0) is 16.1 Å². The van der Waals surface area contributed by atoms with Crippen LogP contribution >= 0.6 is 22.9 Å². The van der Waals surface area contributed by atoms with E-state index < -0.39 is 0 Å². The molecule has 1 amide bonds. The second-order valence-corrected chi connectivity index (χ2v) is 7.55. The standard InChI is InChI=1S/C19H23ClN2O2S/c20-16-7-2-1-6-15(16)13-24-14-19(23)21-12-17(18-8-5-11-25-18)22-9-3-4-10-22/h1-2,5-8,11,17H,3-4,9-10,12-14H2,(H,21,23). The number of carbonyl (C=O) groups is 1. The zero-order chi connectivity index (χ0) is 17.5. The molecule has 1 N–H and O–H groups in total. The predicted molar refractivity (Wildman–Crippen MR) is 102 cm³/mol. The summed E-state index contributed by atoms with van der Waals surface area (Å²) in [6.45, 7) is 3.20. The number of halogens is 1. The molecule has 2 aromatic rings. The maximum atomic E-state index is 12.1. The summed E-state index contributed by atoms with van der Waals surface area (Å²) in [5, 5.41) is 5.77. The maximum absolute atomic E-state index is 12.1. The van der Waals surface area contributed by atoms with E-state index in [1.807, 2.05) is 24.3 Å². The van der Waals surface area contributed by atoms with E-state index in [0.29, 0.717) is 18.2 Å². The first kappa shape index (κ1) is 18.4. The molecule has 1 aliphatic heterocycles. The molecule has 3 rings (SSSR count). The third kappa shape index (κ3) is 5.28. The van der Waals surface area contributed by atoms with Crippen molar-refractivity contribution in [1.29, 1.82) is 0 Å². The van der Waals surface area contributed by atoms with Crippen molar-refractivity contribution in [3.05, 3.63) is 57.2 Å². The molecule has 1 aromatic carbocycles. The molecule has 1 unspecified atom stereocenters. The van der Waals surface area contributed by atoms with Crippen LogP contribution in [0.3, 0.4) is 0 Å². The second-order valence-electron chi connectivity index (χ2n) is 6.16. The molecule has 0 saturated carbocycles. The van der Waals surface area contributed by atoms with E-state index >= 15 is 0 Å². The van der Waals surface area contributed by atoms with Gasteiger partial charge in [0.15, 0.2) is 0 Å². The number of benzene rings is 1. The summed E-state index contributed by atoms with van der Waals surface area (Å²) in [6.07, 6.45) is 2.47. The molecular formula is C19H23ClN2O2S. The summed E-state index contributed by atoms with van der Waals surface area (Å²) in [7, 11) is 0. The summed E-state index contributed by atoms with van der Waals surface area (Å²) in [6, 6.07) is 12.0. The van der Waals surface area contributed by atoms with Crippen LogP contribution in [0.15, 0.2) is 41.8 Å². The molecule has 1 atom stereocenters. The van der Waals surface area contributed by atoms with Gasteiger partial charge in [0.2, 0.25) is 5.91 Å². The van der Waals surface area contributed by atoms with E-state index in [1.54, 1.807) is 11.3 Å². The first-order valence-electron chi connectivity index (χ1n) is 8.59. The normalized spacial score (nSPS) is 16.0. The lowest BCUT2D eigenvalue weighted by molar-refractivity contribution is -0.126. The van der Waals surface area contributed by atoms with Crippen LogP contribution < -0.4 is 5.32 Å². The Morgan fingerprint density at radius 1 is 1.24 bits per heavy atom. The van der Waals surface area contributed by atoms with E-state index in [9.17, 15) is 4.79 Å². The van der Waals surface area contributed by atoms with Crippen molar-refractivity contribution in [2.24, 2.45) is 0 Å². The monoisotopic (exact) mass is 378 g/mol. The summed E-state index contributed by atoms with van der Waals surface area (Å²) in [4.78, 5) is 15.9. The van der Waals surface area contributed by atoms with E-state index in [0.717, 1.165) is 18.7 Å². The fourth-order valence-corrected chi connectivity index (χ4v) is 4.13. The largest absolute Gasteiger partial charge is 0.367 e. The number of nitrogens with one attached hydrogen (secondary N) is 1. The van der Waals surface area contributed by atoms with Crippen molar-refractivity contribution in [3.8, 4) is 0 Å². The molecule has 1 saturated heterocycles. The number of nitrogens with zero attached hydrogens (tertiary/aromatic N) is 1. The SMILES string of the molecule is O=C(COCc1ccccc1Cl)NCC(c1cccs1)N1CCCC1. The number of rotatable bonds is 8. The van der Waals surface area contributed by atoms with Gasteiger partial charge in [-0.05, 0) is 49.0 Å². The fourth-order valence-electron chi connectivity index (χ4n) is 3.07. The lowest BCUT2D eigenvalue weighted by Crippen LogP contribution is -2.37. The predicted octanol–water partition coefficient (Wildman–Crippen LogP) is 3.87. The minimum atomic E-state index is -0.0900. The minimum absolute atomic E-state index is 0.0440. The van der Waals surface area contributed by atoms with Crippen LogP contribution in [-0.4, -0.2) is 37.0 Å². The van der Waals surface area contributed by atoms with Crippen LogP contribution in [0.5, 0.6) is 0 Å². The molecular weight excluding hydrogens is 356 g/mol. The highest BCUT2D eigenvalue weighted by molar-refractivity contribution is 7.10. The highest BCUT2D eigenvalue weighted by Gasteiger charge is 2.24. The van der Waals surface area contributed by atoms with Gasteiger partial charge in [-0.25, -0.2) is 0 Å². The van der Waals surface area contributed by atoms with Crippen LogP contribution in [0.25, 0.3) is 0 Å². The number of ether oxygens (including phenoxy) is 1. The Kier molecular flexibility index (Phi) is 6.87. The fraction of sp³-hybridized carbons (Fsp3) is 0.421. The number of hydrogen-bond acceptors (Lipinski definition) is 4. The molecule has 0 spiro atoms. The average Bonchev–Trinajstić information content (AvgIpc) is 3.31. The third-order valence-corrected chi connectivity index (χ3v) is 5.74. The van der Waals surface area contributed by atoms with Gasteiger partial charge in [0, 0.05) is 16.4 Å². The Hall–Kier alpha value is -1.40. The number of amides is 1. The minimum Gasteiger partial charge on any atom is -0.367 e. The van der Waals surface area contributed by atoms with Crippen LogP contribution in [0.2, 0.25) is 5.02 Å². The van der Waals surface area contributed by atoms with Crippen LogP contribution in [0.1, 0.15) is 29.3 Å². The van der Waals surface area contributed by atoms with Crippen molar-refractivity contribution in [2.45, 2.75) is 25.5 Å². The Morgan fingerprint density at radius 3 is 2.76 bits per heavy atom. The molecule has 4 nitrogen and oxygen atoms in total. The van der Waals surface area contributed by atoms with Crippen molar-refractivity contribution < 1.29 is 9.53 Å². The Labute approximate surface area is 157 Å². The summed E-state index contributed by atoms with van der Waals surface area (Å²) >= 11 is 7.83. The van der Waals surface area contributed by atoms with E-state index in [-0.39, 0.29) is 18.6 Å². The Bertz CT molecular complexity index is 672. The molecule has 1 fully saturated rings.